The minimum Gasteiger partial charge on any atom is -0.364 e. The van der Waals surface area contributed by atoms with Crippen LogP contribution in [-0.2, 0) is 4.79 Å². The van der Waals surface area contributed by atoms with Gasteiger partial charge in [-0.1, -0.05) is 54.6 Å². The zero-order valence-electron chi connectivity index (χ0n) is 13.4. The molecule has 25 heavy (non-hydrogen) atoms. The average Bonchev–Trinajstić information content (AvgIpc) is 3.10. The number of imidazole rings is 1. The van der Waals surface area contributed by atoms with Gasteiger partial charge in [0.25, 0.3) is 5.91 Å². The molecular weight excluding hydrogens is 316 g/mol. The Morgan fingerprint density at radius 1 is 1.04 bits per heavy atom. The second-order valence-electron chi connectivity index (χ2n) is 5.44. The Kier molecular flexibility index (Phi) is 4.89. The standard InChI is InChI=1S/C19H17N4O2/c20-18(25)16-12-21-19(22-16)23-17(24)11-8-13-6-9-15(10-7-13)14-4-2-1-3-5-14/h1-10,12H,11H2,(H2,20,25)(H2,21,22,23,24). The molecule has 0 spiro atoms. The van der Waals surface area contributed by atoms with Crippen LogP contribution in [0.25, 0.3) is 11.1 Å². The van der Waals surface area contributed by atoms with Crippen molar-refractivity contribution in [3.05, 3.63) is 78.5 Å². The fourth-order valence-corrected chi connectivity index (χ4v) is 2.35. The fourth-order valence-electron chi connectivity index (χ4n) is 2.35. The van der Waals surface area contributed by atoms with Crippen LogP contribution < -0.4 is 11.1 Å². The molecule has 0 atom stereocenters. The van der Waals surface area contributed by atoms with Crippen molar-refractivity contribution in [2.24, 2.45) is 5.73 Å². The highest BCUT2D eigenvalue weighted by Crippen LogP contribution is 2.20. The summed E-state index contributed by atoms with van der Waals surface area (Å²) in [6.45, 7) is 0. The number of aromatic amines is 1. The van der Waals surface area contributed by atoms with E-state index < -0.39 is 5.91 Å². The molecule has 1 radical (unpaired) electrons. The number of carbonyl (C=O) groups excluding carboxylic acids is 2. The van der Waals surface area contributed by atoms with Crippen LogP contribution in [0.2, 0.25) is 0 Å². The number of H-pyrrole nitrogens is 1. The van der Waals surface area contributed by atoms with Gasteiger partial charge in [-0.05, 0) is 23.1 Å². The molecule has 3 aromatic rings. The van der Waals surface area contributed by atoms with Gasteiger partial charge in [-0.2, -0.15) is 0 Å². The zero-order chi connectivity index (χ0) is 17.6. The fraction of sp³-hybridized carbons (Fsp3) is 0.0526. The topological polar surface area (TPSA) is 101 Å². The molecule has 125 valence electrons. The summed E-state index contributed by atoms with van der Waals surface area (Å²) in [5.74, 6) is -0.689. The Hall–Kier alpha value is -3.41. The first-order valence-corrected chi connectivity index (χ1v) is 7.75. The molecule has 4 N–H and O–H groups in total. The van der Waals surface area contributed by atoms with E-state index in [0.717, 1.165) is 16.7 Å². The van der Waals surface area contributed by atoms with Crippen LogP contribution in [0.15, 0.2) is 60.8 Å². The summed E-state index contributed by atoms with van der Waals surface area (Å²) in [7, 11) is 0. The van der Waals surface area contributed by atoms with Gasteiger partial charge in [-0.25, -0.2) is 4.98 Å². The van der Waals surface area contributed by atoms with Gasteiger partial charge in [0.2, 0.25) is 11.9 Å². The molecule has 0 saturated carbocycles. The Balaban J connectivity index is 1.54. The first kappa shape index (κ1) is 16.4. The Morgan fingerprint density at radius 2 is 1.72 bits per heavy atom. The van der Waals surface area contributed by atoms with E-state index in [1.54, 1.807) is 0 Å². The van der Waals surface area contributed by atoms with Gasteiger partial charge in [-0.15, -0.1) is 0 Å². The molecule has 0 saturated heterocycles. The minimum atomic E-state index is -0.651. The van der Waals surface area contributed by atoms with E-state index in [1.807, 2.05) is 48.9 Å². The molecule has 6 nitrogen and oxygen atoms in total. The number of nitrogens with one attached hydrogen (secondary N) is 2. The number of hydrogen-bond donors (Lipinski definition) is 3. The molecule has 0 aliphatic rings. The molecule has 1 heterocycles. The van der Waals surface area contributed by atoms with E-state index in [1.165, 1.54) is 6.20 Å². The van der Waals surface area contributed by atoms with Crippen molar-refractivity contribution in [1.82, 2.24) is 9.97 Å². The third kappa shape index (κ3) is 4.32. The van der Waals surface area contributed by atoms with Crippen molar-refractivity contribution < 1.29 is 9.59 Å². The maximum absolute atomic E-state index is 11.9. The molecular formula is C19H17N4O2. The van der Waals surface area contributed by atoms with Crippen molar-refractivity contribution in [2.45, 2.75) is 6.42 Å². The number of nitrogens with zero attached hydrogens (tertiary/aromatic N) is 1. The summed E-state index contributed by atoms with van der Waals surface area (Å²) in [5.41, 5.74) is 8.41. The molecule has 0 aliphatic heterocycles. The van der Waals surface area contributed by atoms with E-state index in [0.29, 0.717) is 0 Å². The first-order chi connectivity index (χ1) is 12.1. The molecule has 0 aliphatic carbocycles. The summed E-state index contributed by atoms with van der Waals surface area (Å²) in [6, 6.07) is 18.0. The van der Waals surface area contributed by atoms with Gasteiger partial charge in [0.05, 0.1) is 0 Å². The maximum atomic E-state index is 11.9. The number of amides is 2. The lowest BCUT2D eigenvalue weighted by molar-refractivity contribution is -0.115. The number of hydrogen-bond acceptors (Lipinski definition) is 3. The van der Waals surface area contributed by atoms with Crippen LogP contribution >= 0.6 is 0 Å². The van der Waals surface area contributed by atoms with Gasteiger partial charge < -0.3 is 10.7 Å². The van der Waals surface area contributed by atoms with Gasteiger partial charge in [0.1, 0.15) is 5.69 Å². The molecule has 0 fully saturated rings. The Morgan fingerprint density at radius 3 is 2.36 bits per heavy atom. The van der Waals surface area contributed by atoms with Gasteiger partial charge >= 0.3 is 0 Å². The molecule has 0 bridgehead atoms. The summed E-state index contributed by atoms with van der Waals surface area (Å²) in [4.78, 5) is 29.5. The largest absolute Gasteiger partial charge is 0.364 e. The van der Waals surface area contributed by atoms with Gasteiger partial charge in [0, 0.05) is 12.6 Å². The molecule has 3 rings (SSSR count). The molecule has 2 amide bonds. The third-order valence-electron chi connectivity index (χ3n) is 3.63. The van der Waals surface area contributed by atoms with E-state index in [2.05, 4.69) is 27.4 Å². The van der Waals surface area contributed by atoms with Crippen LogP contribution in [0.1, 0.15) is 22.5 Å². The molecule has 1 aromatic heterocycles. The SMILES string of the molecule is NC(=O)c1c[nH]c(NC(=O)C[CH]c2ccc(-c3ccccc3)cc2)n1. The monoisotopic (exact) mass is 333 g/mol. The van der Waals surface area contributed by atoms with Gasteiger partial charge in [0.15, 0.2) is 0 Å². The van der Waals surface area contributed by atoms with Crippen molar-refractivity contribution in [2.75, 3.05) is 5.32 Å². The lowest BCUT2D eigenvalue weighted by Crippen LogP contribution is -2.14. The second kappa shape index (κ2) is 7.44. The number of anilines is 1. The van der Waals surface area contributed by atoms with Crippen LogP contribution in [0.4, 0.5) is 5.95 Å². The Labute approximate surface area is 145 Å². The van der Waals surface area contributed by atoms with Crippen LogP contribution in [-0.4, -0.2) is 21.8 Å². The predicted molar refractivity (Wildman–Crippen MR) is 95.6 cm³/mol. The molecule has 2 aromatic carbocycles. The molecule has 0 unspecified atom stereocenters. The van der Waals surface area contributed by atoms with E-state index in [-0.39, 0.29) is 24.0 Å². The van der Waals surface area contributed by atoms with Crippen molar-refractivity contribution in [3.63, 3.8) is 0 Å². The van der Waals surface area contributed by atoms with Crippen molar-refractivity contribution >= 4 is 17.8 Å². The smallest absolute Gasteiger partial charge is 0.268 e. The number of benzene rings is 2. The van der Waals surface area contributed by atoms with Crippen molar-refractivity contribution in [1.29, 1.82) is 0 Å². The number of aromatic nitrogens is 2. The zero-order valence-corrected chi connectivity index (χ0v) is 13.4. The minimum absolute atomic E-state index is 0.0794. The summed E-state index contributed by atoms with van der Waals surface area (Å²) < 4.78 is 0. The van der Waals surface area contributed by atoms with Crippen molar-refractivity contribution in [3.8, 4) is 11.1 Å². The summed E-state index contributed by atoms with van der Waals surface area (Å²) in [6.07, 6.45) is 3.36. The average molecular weight is 333 g/mol. The van der Waals surface area contributed by atoms with Gasteiger partial charge in [-0.3, -0.25) is 14.9 Å². The van der Waals surface area contributed by atoms with Crippen LogP contribution in [0, 0.1) is 6.42 Å². The Bertz CT molecular complexity index is 870. The van der Waals surface area contributed by atoms with Crippen LogP contribution in [0.5, 0.6) is 0 Å². The van der Waals surface area contributed by atoms with E-state index >= 15 is 0 Å². The second-order valence-corrected chi connectivity index (χ2v) is 5.44. The summed E-state index contributed by atoms with van der Waals surface area (Å²) in [5, 5.41) is 2.58. The number of carbonyl (C=O) groups is 2. The lowest BCUT2D eigenvalue weighted by atomic mass is 10.0. The highest BCUT2D eigenvalue weighted by atomic mass is 16.2. The third-order valence-corrected chi connectivity index (χ3v) is 3.63. The molecule has 6 heteroatoms. The quantitative estimate of drug-likeness (QED) is 0.646. The van der Waals surface area contributed by atoms with E-state index in [4.69, 9.17) is 5.73 Å². The highest BCUT2D eigenvalue weighted by molar-refractivity contribution is 5.93. The summed E-state index contributed by atoms with van der Waals surface area (Å²) >= 11 is 0. The normalized spacial score (nSPS) is 10.4. The predicted octanol–water partition coefficient (Wildman–Crippen LogP) is 2.76. The van der Waals surface area contributed by atoms with Crippen LogP contribution in [0.3, 0.4) is 0 Å². The highest BCUT2D eigenvalue weighted by Gasteiger charge is 2.09. The number of nitrogens with two attached hydrogens (primary N) is 1. The maximum Gasteiger partial charge on any atom is 0.268 e. The number of rotatable bonds is 6. The number of primary amides is 1. The lowest BCUT2D eigenvalue weighted by Gasteiger charge is -2.05. The first-order valence-electron chi connectivity index (χ1n) is 7.75. The van der Waals surface area contributed by atoms with E-state index in [9.17, 15) is 9.59 Å².